The number of nitrogens with one attached hydrogen (secondary N) is 2. The highest BCUT2D eigenvalue weighted by Crippen LogP contribution is 2.49. The second-order valence-electron chi connectivity index (χ2n) is 6.47. The molecule has 2 amide bonds. The van der Waals surface area contributed by atoms with E-state index < -0.39 is 23.2 Å². The lowest BCUT2D eigenvalue weighted by atomic mass is 9.92. The molecule has 1 aliphatic heterocycles. The van der Waals surface area contributed by atoms with Gasteiger partial charge in [0.15, 0.2) is 0 Å². The fourth-order valence-corrected chi connectivity index (χ4v) is 3.14. The van der Waals surface area contributed by atoms with E-state index >= 15 is 0 Å². The zero-order chi connectivity index (χ0) is 17.4. The second kappa shape index (κ2) is 6.11. The summed E-state index contributed by atoms with van der Waals surface area (Å²) in [5.74, 6) is -0.579. The van der Waals surface area contributed by atoms with Crippen LogP contribution in [0.5, 0.6) is 0 Å². The van der Waals surface area contributed by atoms with E-state index in [1.807, 2.05) is 0 Å². The summed E-state index contributed by atoms with van der Waals surface area (Å²) in [5.41, 5.74) is -1.33. The molecule has 1 aliphatic carbocycles. The molecule has 2 fully saturated rings. The molecule has 1 heterocycles. The molecule has 1 saturated carbocycles. The summed E-state index contributed by atoms with van der Waals surface area (Å²) in [6, 6.07) is 4.30. The molecule has 0 bridgehead atoms. The minimum absolute atomic E-state index is 0.222. The van der Waals surface area contributed by atoms with Crippen molar-refractivity contribution in [1.29, 1.82) is 0 Å². The quantitative estimate of drug-likeness (QED) is 0.888. The number of hydrogen-bond acceptors (Lipinski definition) is 2. The van der Waals surface area contributed by atoms with E-state index in [0.717, 1.165) is 25.0 Å². The number of amides is 2. The average molecular weight is 340 g/mol. The maximum atomic E-state index is 12.9. The fourth-order valence-electron chi connectivity index (χ4n) is 3.14. The normalized spacial score (nSPS) is 23.1. The van der Waals surface area contributed by atoms with E-state index in [1.165, 1.54) is 6.07 Å². The van der Waals surface area contributed by atoms with Crippen LogP contribution in [-0.4, -0.2) is 24.4 Å². The Hall–Kier alpha value is -2.05. The number of benzene rings is 1. The van der Waals surface area contributed by atoms with Crippen LogP contribution in [0.15, 0.2) is 24.3 Å². The zero-order valence-electron chi connectivity index (χ0n) is 13.1. The monoisotopic (exact) mass is 340 g/mol. The predicted octanol–water partition coefficient (Wildman–Crippen LogP) is 2.52. The van der Waals surface area contributed by atoms with Gasteiger partial charge in [-0.05, 0) is 43.7 Å². The Morgan fingerprint density at radius 3 is 2.67 bits per heavy atom. The van der Waals surface area contributed by atoms with Crippen LogP contribution in [0.3, 0.4) is 0 Å². The van der Waals surface area contributed by atoms with Crippen molar-refractivity contribution < 1.29 is 22.8 Å². The fraction of sp³-hybridized carbons (Fsp3) is 0.529. The van der Waals surface area contributed by atoms with E-state index in [-0.39, 0.29) is 11.8 Å². The van der Waals surface area contributed by atoms with Crippen LogP contribution in [0.1, 0.15) is 43.2 Å². The third-order valence-corrected chi connectivity index (χ3v) is 4.77. The minimum atomic E-state index is -4.44. The highest BCUT2D eigenvalue weighted by molar-refractivity contribution is 5.95. The molecule has 1 aromatic rings. The van der Waals surface area contributed by atoms with Gasteiger partial charge in [0.2, 0.25) is 11.8 Å². The third kappa shape index (κ3) is 3.25. The van der Waals surface area contributed by atoms with Crippen molar-refractivity contribution >= 4 is 11.8 Å². The number of rotatable bonds is 3. The largest absolute Gasteiger partial charge is 0.416 e. The summed E-state index contributed by atoms with van der Waals surface area (Å²) >= 11 is 0. The Morgan fingerprint density at radius 2 is 2.00 bits per heavy atom. The Morgan fingerprint density at radius 1 is 1.25 bits per heavy atom. The van der Waals surface area contributed by atoms with Crippen LogP contribution in [0.25, 0.3) is 0 Å². The summed E-state index contributed by atoms with van der Waals surface area (Å²) in [5, 5.41) is 5.47. The highest BCUT2D eigenvalue weighted by atomic mass is 19.4. The molecule has 0 spiro atoms. The molecular formula is C17H19F3N2O2. The number of halogens is 3. The number of alkyl halides is 3. The molecule has 2 N–H and O–H groups in total. The van der Waals surface area contributed by atoms with Crippen LogP contribution in [-0.2, 0) is 21.2 Å². The van der Waals surface area contributed by atoms with Gasteiger partial charge in [-0.1, -0.05) is 18.2 Å². The molecule has 3 rings (SSSR count). The Kier molecular flexibility index (Phi) is 4.27. The van der Waals surface area contributed by atoms with Gasteiger partial charge in [0, 0.05) is 6.54 Å². The van der Waals surface area contributed by atoms with E-state index in [0.29, 0.717) is 31.4 Å². The lowest BCUT2D eigenvalue weighted by molar-refractivity contribution is -0.137. The van der Waals surface area contributed by atoms with Crippen molar-refractivity contribution in [3.63, 3.8) is 0 Å². The highest BCUT2D eigenvalue weighted by Gasteiger charge is 2.52. The molecule has 7 heteroatoms. The molecule has 1 atom stereocenters. The minimum Gasteiger partial charge on any atom is -0.354 e. The van der Waals surface area contributed by atoms with Crippen molar-refractivity contribution in [1.82, 2.24) is 10.6 Å². The Bertz CT molecular complexity index is 653. The van der Waals surface area contributed by atoms with Crippen molar-refractivity contribution in [3.05, 3.63) is 35.4 Å². The molecule has 4 nitrogen and oxygen atoms in total. The molecule has 1 saturated heterocycles. The molecule has 130 valence electrons. The molecular weight excluding hydrogens is 321 g/mol. The SMILES string of the molecule is O=C1NCCCC[C@H]1NC(=O)C1(c2cccc(C(F)(F)F)c2)CC1. The van der Waals surface area contributed by atoms with Gasteiger partial charge in [-0.3, -0.25) is 9.59 Å². The van der Waals surface area contributed by atoms with Gasteiger partial charge in [-0.2, -0.15) is 13.2 Å². The zero-order valence-corrected chi connectivity index (χ0v) is 13.1. The van der Waals surface area contributed by atoms with Gasteiger partial charge < -0.3 is 10.6 Å². The summed E-state index contributed by atoms with van der Waals surface area (Å²) in [7, 11) is 0. The number of carbonyl (C=O) groups is 2. The molecule has 1 aromatic carbocycles. The van der Waals surface area contributed by atoms with Gasteiger partial charge in [0.05, 0.1) is 11.0 Å². The van der Waals surface area contributed by atoms with Crippen LogP contribution in [0.2, 0.25) is 0 Å². The lowest BCUT2D eigenvalue weighted by Crippen LogP contribution is -2.48. The standard InChI is InChI=1S/C17H19F3N2O2/c18-17(19,20)12-5-3-4-11(10-12)16(7-8-16)15(24)22-13-6-1-2-9-21-14(13)23/h3-5,10,13H,1-2,6-9H2,(H,21,23)(H,22,24)/t13-/m1/s1. The Balaban J connectivity index is 1.78. The first-order chi connectivity index (χ1) is 11.3. The molecule has 2 aliphatic rings. The summed E-state index contributed by atoms with van der Waals surface area (Å²) < 4.78 is 38.7. The molecule has 24 heavy (non-hydrogen) atoms. The van der Waals surface area contributed by atoms with Gasteiger partial charge >= 0.3 is 6.18 Å². The maximum Gasteiger partial charge on any atom is 0.416 e. The summed E-state index contributed by atoms with van der Waals surface area (Å²) in [6.45, 7) is 0.587. The predicted molar refractivity (Wildman–Crippen MR) is 81.1 cm³/mol. The van der Waals surface area contributed by atoms with E-state index in [4.69, 9.17) is 0 Å². The van der Waals surface area contributed by atoms with Crippen molar-refractivity contribution in [2.24, 2.45) is 0 Å². The van der Waals surface area contributed by atoms with Crippen molar-refractivity contribution in [2.45, 2.75) is 49.7 Å². The van der Waals surface area contributed by atoms with Gasteiger partial charge in [-0.15, -0.1) is 0 Å². The smallest absolute Gasteiger partial charge is 0.354 e. The first kappa shape index (κ1) is 16.8. The lowest BCUT2D eigenvalue weighted by Gasteiger charge is -2.21. The summed E-state index contributed by atoms with van der Waals surface area (Å²) in [6.07, 6.45) is -1.22. The van der Waals surface area contributed by atoms with Crippen LogP contribution in [0, 0.1) is 0 Å². The van der Waals surface area contributed by atoms with Crippen molar-refractivity contribution in [2.75, 3.05) is 6.54 Å². The Labute approximate surface area is 137 Å². The maximum absolute atomic E-state index is 12.9. The van der Waals surface area contributed by atoms with E-state index in [9.17, 15) is 22.8 Å². The molecule has 0 unspecified atom stereocenters. The van der Waals surface area contributed by atoms with Crippen molar-refractivity contribution in [3.8, 4) is 0 Å². The number of hydrogen-bond donors (Lipinski definition) is 2. The first-order valence-corrected chi connectivity index (χ1v) is 8.09. The van der Waals surface area contributed by atoms with Gasteiger partial charge in [0.25, 0.3) is 0 Å². The molecule has 0 radical (unpaired) electrons. The van der Waals surface area contributed by atoms with E-state index in [2.05, 4.69) is 10.6 Å². The van der Waals surface area contributed by atoms with Gasteiger partial charge in [-0.25, -0.2) is 0 Å². The van der Waals surface area contributed by atoms with Crippen LogP contribution < -0.4 is 10.6 Å². The number of carbonyl (C=O) groups excluding carboxylic acids is 2. The average Bonchev–Trinajstić information content (AvgIpc) is 3.35. The second-order valence-corrected chi connectivity index (χ2v) is 6.47. The third-order valence-electron chi connectivity index (χ3n) is 4.77. The van der Waals surface area contributed by atoms with E-state index in [1.54, 1.807) is 6.07 Å². The first-order valence-electron chi connectivity index (χ1n) is 8.09. The van der Waals surface area contributed by atoms with Crippen LogP contribution in [0.4, 0.5) is 13.2 Å². The summed E-state index contributed by atoms with van der Waals surface area (Å²) in [4.78, 5) is 24.6. The topological polar surface area (TPSA) is 58.2 Å². The van der Waals surface area contributed by atoms with Crippen LogP contribution >= 0.6 is 0 Å². The van der Waals surface area contributed by atoms with Gasteiger partial charge in [0.1, 0.15) is 6.04 Å². The molecule has 0 aromatic heterocycles.